The van der Waals surface area contributed by atoms with Crippen LogP contribution in [0.15, 0.2) is 47.5 Å². The molecular formula is C23H21N3OS. The van der Waals surface area contributed by atoms with Crippen molar-refractivity contribution >= 4 is 34.3 Å². The van der Waals surface area contributed by atoms with Gasteiger partial charge in [-0.3, -0.25) is 4.79 Å². The third-order valence-electron chi connectivity index (χ3n) is 5.15. The summed E-state index contributed by atoms with van der Waals surface area (Å²) in [5.41, 5.74) is 5.84. The number of rotatable bonds is 3. The van der Waals surface area contributed by atoms with Crippen molar-refractivity contribution < 1.29 is 4.79 Å². The Hall–Kier alpha value is -2.84. The number of hydrogen-bond acceptors (Lipinski definition) is 4. The molecule has 1 atom stereocenters. The molecule has 0 radical (unpaired) electrons. The molecule has 140 valence electrons. The van der Waals surface area contributed by atoms with Crippen LogP contribution < -0.4 is 4.90 Å². The van der Waals surface area contributed by atoms with Crippen LogP contribution in [0.4, 0.5) is 5.69 Å². The average molecular weight is 388 g/mol. The predicted molar refractivity (Wildman–Crippen MR) is 114 cm³/mol. The molecule has 3 aromatic rings. The van der Waals surface area contributed by atoms with E-state index in [2.05, 4.69) is 25.1 Å². The molecule has 5 heteroatoms. The van der Waals surface area contributed by atoms with Gasteiger partial charge in [-0.1, -0.05) is 41.6 Å². The molecule has 0 saturated heterocycles. The lowest BCUT2D eigenvalue weighted by atomic mass is 10.1. The zero-order valence-electron chi connectivity index (χ0n) is 16.2. The van der Waals surface area contributed by atoms with Crippen molar-refractivity contribution in [2.45, 2.75) is 38.3 Å². The van der Waals surface area contributed by atoms with Gasteiger partial charge in [0.05, 0.1) is 16.8 Å². The SMILES string of the molecule is Cc1cc(C)c2nc(SCC(=O)N3c4ccccc4C[C@H]3C)c(C#N)cc2c1. The van der Waals surface area contributed by atoms with E-state index in [-0.39, 0.29) is 17.7 Å². The summed E-state index contributed by atoms with van der Waals surface area (Å²) < 4.78 is 0. The van der Waals surface area contributed by atoms with Gasteiger partial charge in [-0.05, 0) is 56.5 Å². The summed E-state index contributed by atoms with van der Waals surface area (Å²) in [6.07, 6.45) is 0.878. The first-order valence-corrected chi connectivity index (χ1v) is 10.3. The summed E-state index contributed by atoms with van der Waals surface area (Å²) in [6.45, 7) is 6.13. The van der Waals surface area contributed by atoms with Crippen LogP contribution >= 0.6 is 11.8 Å². The third-order valence-corrected chi connectivity index (χ3v) is 6.12. The lowest BCUT2D eigenvalue weighted by molar-refractivity contribution is -0.116. The van der Waals surface area contributed by atoms with Crippen molar-refractivity contribution in [1.82, 2.24) is 4.98 Å². The minimum Gasteiger partial charge on any atom is -0.308 e. The molecular weight excluding hydrogens is 366 g/mol. The molecule has 4 nitrogen and oxygen atoms in total. The average Bonchev–Trinajstić information content (AvgIpc) is 3.01. The lowest BCUT2D eigenvalue weighted by Crippen LogP contribution is -2.37. The van der Waals surface area contributed by atoms with Crippen LogP contribution in [-0.2, 0) is 11.2 Å². The van der Waals surface area contributed by atoms with E-state index in [1.54, 1.807) is 0 Å². The van der Waals surface area contributed by atoms with Gasteiger partial charge in [0.25, 0.3) is 0 Å². The Morgan fingerprint density at radius 1 is 1.29 bits per heavy atom. The second kappa shape index (κ2) is 7.29. The Bertz CT molecular complexity index is 1130. The van der Waals surface area contributed by atoms with Crippen molar-refractivity contribution in [3.63, 3.8) is 0 Å². The van der Waals surface area contributed by atoms with E-state index in [4.69, 9.17) is 4.98 Å². The molecule has 0 saturated carbocycles. The molecule has 1 aliphatic rings. The number of pyridine rings is 1. The first-order valence-electron chi connectivity index (χ1n) is 9.33. The van der Waals surface area contributed by atoms with Gasteiger partial charge in [0, 0.05) is 17.1 Å². The van der Waals surface area contributed by atoms with Crippen molar-refractivity contribution in [3.05, 3.63) is 64.7 Å². The molecule has 2 aromatic carbocycles. The molecule has 0 bridgehead atoms. The van der Waals surface area contributed by atoms with E-state index in [9.17, 15) is 10.1 Å². The van der Waals surface area contributed by atoms with Gasteiger partial charge >= 0.3 is 0 Å². The number of thioether (sulfide) groups is 1. The molecule has 0 spiro atoms. The molecule has 1 aliphatic heterocycles. The van der Waals surface area contributed by atoms with Crippen molar-refractivity contribution in [1.29, 1.82) is 5.26 Å². The Labute approximate surface area is 169 Å². The van der Waals surface area contributed by atoms with E-state index in [1.807, 2.05) is 49.1 Å². The minimum absolute atomic E-state index is 0.0499. The maximum Gasteiger partial charge on any atom is 0.237 e. The highest BCUT2D eigenvalue weighted by atomic mass is 32.2. The maximum absolute atomic E-state index is 13.0. The lowest BCUT2D eigenvalue weighted by Gasteiger charge is -2.22. The highest BCUT2D eigenvalue weighted by Crippen LogP contribution is 2.33. The van der Waals surface area contributed by atoms with Crippen LogP contribution in [-0.4, -0.2) is 22.7 Å². The number of amides is 1. The van der Waals surface area contributed by atoms with Crippen molar-refractivity contribution in [3.8, 4) is 6.07 Å². The van der Waals surface area contributed by atoms with E-state index >= 15 is 0 Å². The molecule has 0 unspecified atom stereocenters. The van der Waals surface area contributed by atoms with E-state index in [0.29, 0.717) is 10.6 Å². The van der Waals surface area contributed by atoms with Gasteiger partial charge in [0.15, 0.2) is 0 Å². The van der Waals surface area contributed by atoms with Gasteiger partial charge in [-0.15, -0.1) is 0 Å². The summed E-state index contributed by atoms with van der Waals surface area (Å²) in [5.74, 6) is 0.311. The number of carbonyl (C=O) groups excluding carboxylic acids is 1. The quantitative estimate of drug-likeness (QED) is 0.606. The molecule has 0 aliphatic carbocycles. The van der Waals surface area contributed by atoms with Gasteiger partial charge in [0.2, 0.25) is 5.91 Å². The van der Waals surface area contributed by atoms with Gasteiger partial charge in [-0.2, -0.15) is 5.26 Å². The second-order valence-electron chi connectivity index (χ2n) is 7.34. The Balaban J connectivity index is 1.61. The number of aromatic nitrogens is 1. The van der Waals surface area contributed by atoms with Crippen molar-refractivity contribution in [2.75, 3.05) is 10.7 Å². The highest BCUT2D eigenvalue weighted by molar-refractivity contribution is 8.00. The van der Waals surface area contributed by atoms with Crippen LogP contribution in [0.3, 0.4) is 0 Å². The molecule has 4 rings (SSSR count). The molecule has 28 heavy (non-hydrogen) atoms. The fraction of sp³-hybridized carbons (Fsp3) is 0.261. The fourth-order valence-corrected chi connectivity index (χ4v) is 4.79. The normalized spacial score (nSPS) is 15.5. The van der Waals surface area contributed by atoms with Crippen LogP contribution in [0, 0.1) is 25.2 Å². The molecule has 1 amide bonds. The molecule has 2 heterocycles. The predicted octanol–water partition coefficient (Wildman–Crippen LogP) is 4.79. The number of aryl methyl sites for hydroxylation is 2. The topological polar surface area (TPSA) is 57.0 Å². The molecule has 0 fully saturated rings. The summed E-state index contributed by atoms with van der Waals surface area (Å²) in [6, 6.07) is 16.4. The fourth-order valence-electron chi connectivity index (χ4n) is 3.97. The zero-order chi connectivity index (χ0) is 19.8. The van der Waals surface area contributed by atoms with E-state index in [1.165, 1.54) is 17.3 Å². The van der Waals surface area contributed by atoms with Crippen molar-refractivity contribution in [2.24, 2.45) is 0 Å². The first kappa shape index (κ1) is 18.5. The second-order valence-corrected chi connectivity index (χ2v) is 8.30. The number of para-hydroxylation sites is 1. The Morgan fingerprint density at radius 2 is 2.07 bits per heavy atom. The third kappa shape index (κ3) is 3.25. The Kier molecular flexibility index (Phi) is 4.82. The smallest absolute Gasteiger partial charge is 0.237 e. The highest BCUT2D eigenvalue weighted by Gasteiger charge is 2.30. The van der Waals surface area contributed by atoms with Gasteiger partial charge in [0.1, 0.15) is 11.1 Å². The number of nitrogens with zero attached hydrogens (tertiary/aromatic N) is 3. The van der Waals surface area contributed by atoms with E-state index < -0.39 is 0 Å². The summed E-state index contributed by atoms with van der Waals surface area (Å²) >= 11 is 1.35. The maximum atomic E-state index is 13.0. The number of benzene rings is 2. The number of fused-ring (bicyclic) bond motifs is 2. The minimum atomic E-state index is 0.0499. The summed E-state index contributed by atoms with van der Waals surface area (Å²) in [7, 11) is 0. The summed E-state index contributed by atoms with van der Waals surface area (Å²) in [5, 5.41) is 11.2. The number of nitriles is 1. The van der Waals surface area contributed by atoms with Crippen LogP contribution in [0.25, 0.3) is 10.9 Å². The zero-order valence-corrected chi connectivity index (χ0v) is 17.0. The van der Waals surface area contributed by atoms with E-state index in [0.717, 1.165) is 34.1 Å². The van der Waals surface area contributed by atoms with Gasteiger partial charge < -0.3 is 4.90 Å². The first-order chi connectivity index (χ1) is 13.5. The van der Waals surface area contributed by atoms with Gasteiger partial charge in [-0.25, -0.2) is 4.98 Å². The number of hydrogen-bond donors (Lipinski definition) is 0. The summed E-state index contributed by atoms with van der Waals surface area (Å²) in [4.78, 5) is 19.6. The van der Waals surface area contributed by atoms with Crippen LogP contribution in [0.1, 0.15) is 29.2 Å². The monoisotopic (exact) mass is 387 g/mol. The number of carbonyl (C=O) groups is 1. The van der Waals surface area contributed by atoms with Crippen LogP contribution in [0.2, 0.25) is 0 Å². The Morgan fingerprint density at radius 3 is 2.86 bits per heavy atom. The van der Waals surface area contributed by atoms with Crippen LogP contribution in [0.5, 0.6) is 0 Å². The molecule has 1 aromatic heterocycles. The standard InChI is InChI=1S/C23H21N3OS/c1-14-8-15(2)22-18(9-14)11-19(12-24)23(25-22)28-13-21(27)26-16(3)10-17-6-4-5-7-20(17)26/h4-9,11,16H,10,13H2,1-3H3/t16-/m1/s1. The largest absolute Gasteiger partial charge is 0.308 e. The molecule has 0 N–H and O–H groups in total. The number of anilines is 1.